The van der Waals surface area contributed by atoms with E-state index in [0.29, 0.717) is 0 Å². The number of rotatable bonds is 7. The Morgan fingerprint density at radius 1 is 0.366 bits per heavy atom. The molecule has 9 aromatic rings. The molecule has 0 unspecified atom stereocenters. The summed E-state index contributed by atoms with van der Waals surface area (Å²) in [5.74, 6) is 0.730. The molecule has 9 rings (SSSR count). The van der Waals surface area contributed by atoms with E-state index in [1.807, 2.05) is 55.5 Å². The van der Waals surface area contributed by atoms with Crippen LogP contribution in [0, 0.1) is 76.2 Å². The standard InChI is InChI=1S/C10H14.2C9H12.C8H7F3O.C8H10O.C8H10S.2C8H10.C7H7Cl/c1-3-4-10-7-5-9(2)6-8-10;1-3-9-6-4-8(2)5-7-9;1-3-9-6-4-5-8(2)7-9;1-6-2-4-7(5-3-6)12-8(9,10)11;2*1-7-3-5-8(9-2)6-4-7;2*1-7-3-5-8(2)6-4-7;1-6-2-4-7(8)5-3-6/h5-8H,3-4H2,1-2H3;2*4-7H,3H2,1-2H3;2-5H,1H3;2*3-6H,1-2H3;2*3-6H,1-2H3;2-5H,1H3. The molecule has 7 heteroatoms. The molecule has 0 saturated heterocycles. The van der Waals surface area contributed by atoms with Gasteiger partial charge in [0.25, 0.3) is 0 Å². The Labute approximate surface area is 503 Å². The summed E-state index contributed by atoms with van der Waals surface area (Å²) in [6.07, 6.45) is 2.21. The number of ether oxygens (including phenoxy) is 2. The average Bonchev–Trinajstić information content (AvgIpc) is 3.47. The molecular weight excluding hydrogens is 1060 g/mol. The van der Waals surface area contributed by atoms with Crippen LogP contribution in [0.4, 0.5) is 13.2 Å². The molecule has 82 heavy (non-hydrogen) atoms. The molecule has 0 spiro atoms. The third-order valence-corrected chi connectivity index (χ3v) is 12.9. The third-order valence-electron chi connectivity index (χ3n) is 11.9. The van der Waals surface area contributed by atoms with Gasteiger partial charge in [-0.15, -0.1) is 24.9 Å². The molecule has 0 aliphatic heterocycles. The monoisotopic (exact) mass is 1150 g/mol. The molecule has 9 aromatic carbocycles. The Balaban J connectivity index is 0.000000462. The fourth-order valence-corrected chi connectivity index (χ4v) is 7.23. The first-order chi connectivity index (χ1) is 39.0. The number of methoxy groups -OCH3 is 1. The first kappa shape index (κ1) is 73.0. The van der Waals surface area contributed by atoms with Crippen LogP contribution < -0.4 is 9.47 Å². The molecule has 0 saturated carbocycles. The summed E-state index contributed by atoms with van der Waals surface area (Å²) in [4.78, 5) is 1.33. The third kappa shape index (κ3) is 38.6. The van der Waals surface area contributed by atoms with E-state index in [0.717, 1.165) is 29.2 Å². The van der Waals surface area contributed by atoms with Crippen molar-refractivity contribution < 1.29 is 22.6 Å². The summed E-state index contributed by atoms with van der Waals surface area (Å²) in [6, 6.07) is 72.9. The summed E-state index contributed by atoms with van der Waals surface area (Å²) in [7, 11) is 1.67. The minimum atomic E-state index is -4.60. The second-order valence-corrected chi connectivity index (χ2v) is 21.2. The van der Waals surface area contributed by atoms with Crippen molar-refractivity contribution in [1.29, 1.82) is 0 Å². The number of benzene rings is 9. The lowest BCUT2D eigenvalue weighted by molar-refractivity contribution is -0.274. The zero-order chi connectivity index (χ0) is 61.3. The van der Waals surface area contributed by atoms with Crippen molar-refractivity contribution >= 4 is 23.4 Å². The second kappa shape index (κ2) is 42.8. The van der Waals surface area contributed by atoms with E-state index in [9.17, 15) is 13.2 Å². The summed E-state index contributed by atoms with van der Waals surface area (Å²) < 4.78 is 43.5. The maximum absolute atomic E-state index is 11.6. The molecule has 0 bridgehead atoms. The highest BCUT2D eigenvalue weighted by Gasteiger charge is 2.30. The molecule has 0 N–H and O–H groups in total. The smallest absolute Gasteiger partial charge is 0.497 e. The summed E-state index contributed by atoms with van der Waals surface area (Å²) in [5.41, 5.74) is 18.4. The lowest BCUT2D eigenvalue weighted by atomic mass is 10.1. The fraction of sp³-hybridized carbons (Fsp3) is 0.280. The summed E-state index contributed by atoms with van der Waals surface area (Å²) in [6.45, 7) is 29.3. The van der Waals surface area contributed by atoms with E-state index in [4.69, 9.17) is 16.3 Å². The molecule has 0 heterocycles. The molecule has 0 atom stereocenters. The number of alkyl halides is 3. The molecule has 0 aromatic heterocycles. The van der Waals surface area contributed by atoms with Crippen LogP contribution in [-0.2, 0) is 19.3 Å². The van der Waals surface area contributed by atoms with Crippen molar-refractivity contribution in [3.63, 3.8) is 0 Å². The number of hydrogen-bond acceptors (Lipinski definition) is 3. The molecule has 0 fully saturated rings. The van der Waals surface area contributed by atoms with E-state index in [1.165, 1.54) is 102 Å². The number of halogens is 4. The van der Waals surface area contributed by atoms with Crippen molar-refractivity contribution in [1.82, 2.24) is 0 Å². The Kier molecular flexibility index (Phi) is 38.1. The lowest BCUT2D eigenvalue weighted by Crippen LogP contribution is -2.16. The van der Waals surface area contributed by atoms with Crippen LogP contribution in [0.15, 0.2) is 223 Å². The Bertz CT molecular complexity index is 2700. The van der Waals surface area contributed by atoms with Gasteiger partial charge >= 0.3 is 6.36 Å². The molecule has 438 valence electrons. The van der Waals surface area contributed by atoms with E-state index in [1.54, 1.807) is 37.9 Å². The lowest BCUT2D eigenvalue weighted by Gasteiger charge is -2.08. The Morgan fingerprint density at radius 2 is 0.671 bits per heavy atom. The van der Waals surface area contributed by atoms with Crippen molar-refractivity contribution in [2.45, 2.75) is 134 Å². The van der Waals surface area contributed by atoms with E-state index < -0.39 is 6.36 Å². The van der Waals surface area contributed by atoms with Gasteiger partial charge in [-0.3, -0.25) is 0 Å². The van der Waals surface area contributed by atoms with Crippen LogP contribution in [0.5, 0.6) is 11.5 Å². The van der Waals surface area contributed by atoms with Crippen LogP contribution in [-0.4, -0.2) is 19.7 Å². The molecule has 0 aliphatic carbocycles. The van der Waals surface area contributed by atoms with Crippen LogP contribution >= 0.6 is 23.4 Å². The van der Waals surface area contributed by atoms with Crippen molar-refractivity contribution in [3.05, 3.63) is 301 Å². The summed E-state index contributed by atoms with van der Waals surface area (Å²) >= 11 is 7.39. The molecule has 0 radical (unpaired) electrons. The number of thioether (sulfide) groups is 1. The van der Waals surface area contributed by atoms with Gasteiger partial charge in [0.05, 0.1) is 7.11 Å². The van der Waals surface area contributed by atoms with Gasteiger partial charge in [-0.05, 0) is 167 Å². The van der Waals surface area contributed by atoms with E-state index in [-0.39, 0.29) is 5.75 Å². The Morgan fingerprint density at radius 3 is 0.951 bits per heavy atom. The number of aryl methyl sites for hydroxylation is 14. The van der Waals surface area contributed by atoms with Gasteiger partial charge in [-0.2, -0.15) is 0 Å². The maximum Gasteiger partial charge on any atom is 0.573 e. The summed E-state index contributed by atoms with van der Waals surface area (Å²) in [5, 5.41) is 0.801. The highest BCUT2D eigenvalue weighted by atomic mass is 35.5. The Hall–Kier alpha value is -6.99. The van der Waals surface area contributed by atoms with Crippen LogP contribution in [0.1, 0.15) is 105 Å². The van der Waals surface area contributed by atoms with Crippen LogP contribution in [0.25, 0.3) is 0 Å². The molecule has 2 nitrogen and oxygen atoms in total. The second-order valence-electron chi connectivity index (χ2n) is 19.9. The van der Waals surface area contributed by atoms with Gasteiger partial charge in [0, 0.05) is 9.92 Å². The van der Waals surface area contributed by atoms with Crippen molar-refractivity contribution in [2.75, 3.05) is 13.4 Å². The topological polar surface area (TPSA) is 18.5 Å². The predicted octanol–water partition coefficient (Wildman–Crippen LogP) is 22.9. The largest absolute Gasteiger partial charge is 0.573 e. The first-order valence-corrected chi connectivity index (χ1v) is 29.6. The zero-order valence-electron chi connectivity index (χ0n) is 51.8. The molecule has 0 amide bonds. The predicted molar refractivity (Wildman–Crippen MR) is 353 cm³/mol. The van der Waals surface area contributed by atoms with Crippen LogP contribution in [0.2, 0.25) is 5.02 Å². The molecular formula is C75H92ClF3O2S. The fourth-order valence-electron chi connectivity index (χ4n) is 6.69. The highest BCUT2D eigenvalue weighted by Crippen LogP contribution is 2.22. The average molecular weight is 1150 g/mol. The van der Waals surface area contributed by atoms with Crippen LogP contribution in [0.3, 0.4) is 0 Å². The first-order valence-electron chi connectivity index (χ1n) is 28.0. The van der Waals surface area contributed by atoms with Gasteiger partial charge in [0.1, 0.15) is 11.5 Å². The van der Waals surface area contributed by atoms with Gasteiger partial charge in [-0.1, -0.05) is 270 Å². The minimum Gasteiger partial charge on any atom is -0.497 e. The maximum atomic E-state index is 11.6. The minimum absolute atomic E-state index is 0.187. The highest BCUT2D eigenvalue weighted by molar-refractivity contribution is 7.98. The zero-order valence-corrected chi connectivity index (χ0v) is 53.4. The van der Waals surface area contributed by atoms with Gasteiger partial charge in [0.15, 0.2) is 0 Å². The van der Waals surface area contributed by atoms with E-state index in [2.05, 4.69) is 240 Å². The van der Waals surface area contributed by atoms with Gasteiger partial charge in [-0.25, -0.2) is 0 Å². The van der Waals surface area contributed by atoms with Crippen molar-refractivity contribution in [3.8, 4) is 11.5 Å². The van der Waals surface area contributed by atoms with Gasteiger partial charge < -0.3 is 9.47 Å². The SMILES string of the molecule is CCCc1ccc(C)cc1.CCc1ccc(C)cc1.CCc1cccc(C)c1.COc1ccc(C)cc1.CSc1ccc(C)cc1.Cc1ccc(C)cc1.Cc1ccc(C)cc1.Cc1ccc(Cl)cc1.Cc1ccc(OC(F)(F)F)cc1. The number of hydrogen-bond donors (Lipinski definition) is 0. The van der Waals surface area contributed by atoms with Gasteiger partial charge in [0.2, 0.25) is 0 Å². The molecule has 0 aliphatic rings. The normalized spacial score (nSPS) is 9.71. The van der Waals surface area contributed by atoms with E-state index >= 15 is 0 Å². The quantitative estimate of drug-likeness (QED) is 0.148. The van der Waals surface area contributed by atoms with Crippen molar-refractivity contribution in [2.24, 2.45) is 0 Å².